The molecule has 18 heavy (non-hydrogen) atoms. The molecule has 0 bridgehead atoms. The van der Waals surface area contributed by atoms with Crippen LogP contribution >= 0.6 is 27.5 Å². The van der Waals surface area contributed by atoms with Crippen molar-refractivity contribution >= 4 is 33.4 Å². The van der Waals surface area contributed by atoms with Gasteiger partial charge >= 0.3 is 0 Å². The minimum Gasteiger partial charge on any atom is -0.334 e. The fraction of sp³-hybridized carbons (Fsp3) is 0.500. The van der Waals surface area contributed by atoms with Crippen molar-refractivity contribution in [2.75, 3.05) is 12.4 Å². The second-order valence-electron chi connectivity index (χ2n) is 4.76. The van der Waals surface area contributed by atoms with E-state index in [4.69, 9.17) is 11.6 Å². The lowest BCUT2D eigenvalue weighted by Crippen LogP contribution is -2.45. The SMILES string of the molecule is Cc1ccc(C(=O)N(CCCl)C2CCC2)c(Br)c1. The van der Waals surface area contributed by atoms with Crippen molar-refractivity contribution < 1.29 is 4.79 Å². The average molecular weight is 331 g/mol. The number of aryl methyl sites for hydroxylation is 1. The maximum absolute atomic E-state index is 12.5. The Labute approximate surface area is 121 Å². The van der Waals surface area contributed by atoms with Gasteiger partial charge in [0.05, 0.1) is 5.56 Å². The van der Waals surface area contributed by atoms with Crippen molar-refractivity contribution in [3.63, 3.8) is 0 Å². The molecule has 1 fully saturated rings. The van der Waals surface area contributed by atoms with Gasteiger partial charge in [-0.15, -0.1) is 11.6 Å². The third-order valence-electron chi connectivity index (χ3n) is 3.46. The van der Waals surface area contributed by atoms with Gasteiger partial charge in [0.1, 0.15) is 0 Å². The Balaban J connectivity index is 2.21. The van der Waals surface area contributed by atoms with E-state index in [9.17, 15) is 4.79 Å². The van der Waals surface area contributed by atoms with Gasteiger partial charge in [-0.05, 0) is 59.8 Å². The molecule has 0 heterocycles. The van der Waals surface area contributed by atoms with Crippen molar-refractivity contribution in [2.24, 2.45) is 0 Å². The Hall–Kier alpha value is -0.540. The number of benzene rings is 1. The molecule has 0 radical (unpaired) electrons. The number of carbonyl (C=O) groups excluding carboxylic acids is 1. The predicted molar refractivity (Wildman–Crippen MR) is 78.3 cm³/mol. The van der Waals surface area contributed by atoms with Gasteiger partial charge in [-0.25, -0.2) is 0 Å². The second-order valence-corrected chi connectivity index (χ2v) is 5.99. The molecule has 1 aliphatic rings. The zero-order valence-electron chi connectivity index (χ0n) is 10.5. The minimum absolute atomic E-state index is 0.0900. The molecule has 1 aromatic carbocycles. The Kier molecular flexibility index (Phi) is 4.68. The summed E-state index contributed by atoms with van der Waals surface area (Å²) >= 11 is 9.29. The van der Waals surface area contributed by atoms with Gasteiger partial charge in [0, 0.05) is 22.9 Å². The number of rotatable bonds is 4. The van der Waals surface area contributed by atoms with Crippen LogP contribution in [0.15, 0.2) is 22.7 Å². The maximum atomic E-state index is 12.5. The van der Waals surface area contributed by atoms with Gasteiger partial charge < -0.3 is 4.90 Å². The average Bonchev–Trinajstić information content (AvgIpc) is 2.25. The molecular weight excluding hydrogens is 314 g/mol. The summed E-state index contributed by atoms with van der Waals surface area (Å²) in [6.07, 6.45) is 3.42. The molecule has 0 aliphatic heterocycles. The van der Waals surface area contributed by atoms with Crippen LogP contribution in [-0.4, -0.2) is 29.3 Å². The zero-order chi connectivity index (χ0) is 13.1. The van der Waals surface area contributed by atoms with Crippen LogP contribution in [-0.2, 0) is 0 Å². The first kappa shape index (κ1) is 13.9. The molecule has 98 valence electrons. The van der Waals surface area contributed by atoms with Crippen molar-refractivity contribution in [3.8, 4) is 0 Å². The summed E-state index contributed by atoms with van der Waals surface area (Å²) in [4.78, 5) is 14.5. The monoisotopic (exact) mass is 329 g/mol. The van der Waals surface area contributed by atoms with E-state index in [1.807, 2.05) is 30.0 Å². The summed E-state index contributed by atoms with van der Waals surface area (Å²) in [6, 6.07) is 6.22. The largest absolute Gasteiger partial charge is 0.334 e. The first-order valence-corrected chi connectivity index (χ1v) is 7.59. The molecule has 2 rings (SSSR count). The highest BCUT2D eigenvalue weighted by atomic mass is 79.9. The number of carbonyl (C=O) groups is 1. The van der Waals surface area contributed by atoms with Gasteiger partial charge in [0.2, 0.25) is 0 Å². The normalized spacial score (nSPS) is 15.3. The quantitative estimate of drug-likeness (QED) is 0.764. The summed E-state index contributed by atoms with van der Waals surface area (Å²) < 4.78 is 0.867. The first-order valence-electron chi connectivity index (χ1n) is 6.26. The molecular formula is C14H17BrClNO. The van der Waals surface area contributed by atoms with Crippen molar-refractivity contribution in [1.82, 2.24) is 4.90 Å². The summed E-state index contributed by atoms with van der Waals surface area (Å²) in [7, 11) is 0. The third kappa shape index (κ3) is 2.89. The molecule has 2 nitrogen and oxygen atoms in total. The first-order chi connectivity index (χ1) is 8.63. The summed E-state index contributed by atoms with van der Waals surface area (Å²) in [5.74, 6) is 0.582. The van der Waals surface area contributed by atoms with Gasteiger partial charge in [0.25, 0.3) is 5.91 Å². The summed E-state index contributed by atoms with van der Waals surface area (Å²) in [6.45, 7) is 2.65. The van der Waals surface area contributed by atoms with Crippen molar-refractivity contribution in [1.29, 1.82) is 0 Å². The minimum atomic E-state index is 0.0900. The van der Waals surface area contributed by atoms with Crippen LogP contribution in [0.5, 0.6) is 0 Å². The van der Waals surface area contributed by atoms with E-state index in [-0.39, 0.29) is 5.91 Å². The Morgan fingerprint density at radius 2 is 2.22 bits per heavy atom. The molecule has 4 heteroatoms. The highest BCUT2D eigenvalue weighted by Gasteiger charge is 2.29. The standard InChI is InChI=1S/C14H17BrClNO/c1-10-5-6-12(13(15)9-10)14(18)17(8-7-16)11-3-2-4-11/h5-6,9,11H,2-4,7-8H2,1H3. The predicted octanol–water partition coefficient (Wildman–Crippen LogP) is 3.99. The van der Waals surface area contributed by atoms with E-state index in [2.05, 4.69) is 15.9 Å². The molecule has 0 unspecified atom stereocenters. The molecule has 0 saturated heterocycles. The molecule has 0 N–H and O–H groups in total. The molecule has 1 aliphatic carbocycles. The number of halogens is 2. The molecule has 0 aromatic heterocycles. The van der Waals surface area contributed by atoms with E-state index in [0.29, 0.717) is 18.5 Å². The topological polar surface area (TPSA) is 20.3 Å². The lowest BCUT2D eigenvalue weighted by Gasteiger charge is -2.37. The van der Waals surface area contributed by atoms with Gasteiger partial charge in [-0.3, -0.25) is 4.79 Å². The van der Waals surface area contributed by atoms with Crippen LogP contribution in [0.2, 0.25) is 0 Å². The van der Waals surface area contributed by atoms with Gasteiger partial charge in [-0.2, -0.15) is 0 Å². The Morgan fingerprint density at radius 1 is 1.50 bits per heavy atom. The maximum Gasteiger partial charge on any atom is 0.255 e. The van der Waals surface area contributed by atoms with Crippen LogP contribution in [0.1, 0.15) is 35.2 Å². The molecule has 1 saturated carbocycles. The van der Waals surface area contributed by atoms with Crippen LogP contribution < -0.4 is 0 Å². The Morgan fingerprint density at radius 3 is 2.72 bits per heavy atom. The smallest absolute Gasteiger partial charge is 0.255 e. The van der Waals surface area contributed by atoms with E-state index >= 15 is 0 Å². The zero-order valence-corrected chi connectivity index (χ0v) is 12.8. The van der Waals surface area contributed by atoms with Gasteiger partial charge in [-0.1, -0.05) is 6.07 Å². The van der Waals surface area contributed by atoms with Crippen molar-refractivity contribution in [3.05, 3.63) is 33.8 Å². The van der Waals surface area contributed by atoms with Crippen LogP contribution in [0.25, 0.3) is 0 Å². The molecule has 1 amide bonds. The van der Waals surface area contributed by atoms with E-state index < -0.39 is 0 Å². The third-order valence-corrected chi connectivity index (χ3v) is 4.28. The summed E-state index contributed by atoms with van der Waals surface area (Å²) in [5, 5.41) is 0. The van der Waals surface area contributed by atoms with Crippen LogP contribution in [0.3, 0.4) is 0 Å². The van der Waals surface area contributed by atoms with Crippen molar-refractivity contribution in [2.45, 2.75) is 32.2 Å². The van der Waals surface area contributed by atoms with E-state index in [0.717, 1.165) is 28.4 Å². The van der Waals surface area contributed by atoms with E-state index in [1.165, 1.54) is 6.42 Å². The molecule has 0 atom stereocenters. The highest BCUT2D eigenvalue weighted by Crippen LogP contribution is 2.28. The lowest BCUT2D eigenvalue weighted by atomic mass is 9.91. The highest BCUT2D eigenvalue weighted by molar-refractivity contribution is 9.10. The Bertz CT molecular complexity index is 445. The van der Waals surface area contributed by atoms with Crippen LogP contribution in [0.4, 0.5) is 0 Å². The number of amides is 1. The second kappa shape index (κ2) is 6.07. The lowest BCUT2D eigenvalue weighted by molar-refractivity contribution is 0.0597. The molecule has 0 spiro atoms. The molecule has 1 aromatic rings. The van der Waals surface area contributed by atoms with Gasteiger partial charge in [0.15, 0.2) is 0 Å². The fourth-order valence-electron chi connectivity index (χ4n) is 2.19. The number of hydrogen-bond donors (Lipinski definition) is 0. The summed E-state index contributed by atoms with van der Waals surface area (Å²) in [5.41, 5.74) is 1.88. The fourth-order valence-corrected chi connectivity index (χ4v) is 3.03. The number of nitrogens with zero attached hydrogens (tertiary/aromatic N) is 1. The number of hydrogen-bond acceptors (Lipinski definition) is 1. The van der Waals surface area contributed by atoms with E-state index in [1.54, 1.807) is 0 Å². The van der Waals surface area contributed by atoms with Crippen LogP contribution in [0, 0.1) is 6.92 Å². The number of alkyl halides is 1.